The minimum atomic E-state index is -0.562. The third kappa shape index (κ3) is 4.86. The molecule has 2 N–H and O–H groups in total. The van der Waals surface area contributed by atoms with Crippen LogP contribution >= 0.6 is 22.7 Å². The van der Waals surface area contributed by atoms with Crippen LogP contribution in [0, 0.1) is 12.7 Å². The number of nitrogens with zero attached hydrogens (tertiary/aromatic N) is 3. The number of urea groups is 1. The van der Waals surface area contributed by atoms with Gasteiger partial charge in [0, 0.05) is 12.6 Å². The van der Waals surface area contributed by atoms with Gasteiger partial charge in [-0.1, -0.05) is 18.2 Å². The van der Waals surface area contributed by atoms with Crippen molar-refractivity contribution in [3.05, 3.63) is 75.8 Å². The third-order valence-corrected chi connectivity index (χ3v) is 6.58. The highest BCUT2D eigenvalue weighted by molar-refractivity contribution is 7.23. The minimum absolute atomic E-state index is 0.0829. The van der Waals surface area contributed by atoms with Crippen molar-refractivity contribution in [3.63, 3.8) is 0 Å². The van der Waals surface area contributed by atoms with Crippen LogP contribution in [-0.4, -0.2) is 27.3 Å². The summed E-state index contributed by atoms with van der Waals surface area (Å²) in [5.74, 6) is -0.523. The van der Waals surface area contributed by atoms with Crippen LogP contribution in [0.25, 0.3) is 20.5 Å². The van der Waals surface area contributed by atoms with Gasteiger partial charge in [-0.05, 0) is 36.6 Å². The van der Waals surface area contributed by atoms with Crippen molar-refractivity contribution in [2.24, 2.45) is 0 Å². The van der Waals surface area contributed by atoms with E-state index in [0.29, 0.717) is 5.69 Å². The second kappa shape index (κ2) is 9.19. The van der Waals surface area contributed by atoms with E-state index >= 15 is 0 Å². The number of aryl methyl sites for hydroxylation is 1. The number of benzene rings is 1. The Morgan fingerprint density at radius 1 is 1.16 bits per heavy atom. The first-order valence-corrected chi connectivity index (χ1v) is 11.1. The molecule has 31 heavy (non-hydrogen) atoms. The molecule has 0 bridgehead atoms. The number of hydrogen-bond acceptors (Lipinski definition) is 6. The first kappa shape index (κ1) is 20.9. The number of amides is 2. The topological polar surface area (TPSA) is 88.9 Å². The maximum atomic E-state index is 13.6. The number of aromatic nitrogens is 3. The van der Waals surface area contributed by atoms with E-state index in [-0.39, 0.29) is 24.3 Å². The molecule has 0 aliphatic carbocycles. The summed E-state index contributed by atoms with van der Waals surface area (Å²) in [7, 11) is 0. The molecule has 7 nitrogen and oxygen atoms in total. The number of anilines is 1. The highest BCUT2D eigenvalue weighted by Crippen LogP contribution is 2.35. The number of nitrogens with one attached hydrogen (secondary N) is 2. The van der Waals surface area contributed by atoms with Crippen molar-refractivity contribution in [1.82, 2.24) is 20.1 Å². The van der Waals surface area contributed by atoms with Gasteiger partial charge in [0.25, 0.3) is 5.56 Å². The third-order valence-electron chi connectivity index (χ3n) is 4.36. The Bertz CT molecular complexity index is 1270. The molecule has 10 heteroatoms. The fourth-order valence-electron chi connectivity index (χ4n) is 2.87. The van der Waals surface area contributed by atoms with Crippen molar-refractivity contribution in [2.75, 3.05) is 11.9 Å². The van der Waals surface area contributed by atoms with E-state index in [4.69, 9.17) is 0 Å². The molecular weight excluding hydrogens is 437 g/mol. The average Bonchev–Trinajstić information content (AvgIpc) is 3.41. The number of thiophene rings is 1. The van der Waals surface area contributed by atoms with E-state index in [1.807, 2.05) is 24.4 Å². The lowest BCUT2D eigenvalue weighted by atomic mass is 10.3. The Hall–Kier alpha value is -3.37. The van der Waals surface area contributed by atoms with Gasteiger partial charge in [0.05, 0.1) is 27.7 Å². The van der Waals surface area contributed by atoms with Gasteiger partial charge < -0.3 is 10.6 Å². The number of halogens is 1. The van der Waals surface area contributed by atoms with Crippen LogP contribution in [0.3, 0.4) is 0 Å². The van der Waals surface area contributed by atoms with Gasteiger partial charge in [-0.2, -0.15) is 5.10 Å². The van der Waals surface area contributed by atoms with E-state index in [1.54, 1.807) is 23.5 Å². The predicted molar refractivity (Wildman–Crippen MR) is 121 cm³/mol. The molecule has 0 unspecified atom stereocenters. The molecule has 0 fully saturated rings. The monoisotopic (exact) mass is 455 g/mol. The average molecular weight is 456 g/mol. The molecule has 158 valence electrons. The Balaban J connectivity index is 1.43. The standard InChI is InChI=1S/C21H18FN5O2S2/c1-13-19(31-20(24-13)17-7-4-12-30-17)16-8-9-18(28)27(26-16)11-10-23-21(29)25-15-6-3-2-5-14(15)22/h2-9,12H,10-11H2,1H3,(H2,23,25,29). The molecule has 0 aliphatic heterocycles. The molecule has 4 rings (SSSR count). The van der Waals surface area contributed by atoms with Gasteiger partial charge in [0.15, 0.2) is 0 Å². The summed E-state index contributed by atoms with van der Waals surface area (Å²) in [6.07, 6.45) is 0. The number of thiazole rings is 1. The van der Waals surface area contributed by atoms with Crippen LogP contribution in [0.4, 0.5) is 14.9 Å². The minimum Gasteiger partial charge on any atom is -0.336 e. The Morgan fingerprint density at radius 3 is 2.77 bits per heavy atom. The summed E-state index contributed by atoms with van der Waals surface area (Å²) in [4.78, 5) is 30.8. The number of para-hydroxylation sites is 1. The van der Waals surface area contributed by atoms with Crippen LogP contribution in [0.2, 0.25) is 0 Å². The molecule has 4 aromatic rings. The molecule has 0 radical (unpaired) electrons. The Morgan fingerprint density at radius 2 is 2.00 bits per heavy atom. The first-order chi connectivity index (χ1) is 15.0. The molecule has 0 aliphatic rings. The van der Waals surface area contributed by atoms with Gasteiger partial charge in [-0.25, -0.2) is 18.9 Å². The summed E-state index contributed by atoms with van der Waals surface area (Å²) < 4.78 is 14.9. The molecule has 3 aromatic heterocycles. The van der Waals surface area contributed by atoms with Gasteiger partial charge >= 0.3 is 6.03 Å². The fourth-order valence-corrected chi connectivity index (χ4v) is 4.70. The predicted octanol–water partition coefficient (Wildman–Crippen LogP) is 4.36. The van der Waals surface area contributed by atoms with E-state index in [1.165, 1.54) is 40.3 Å². The molecule has 0 atom stereocenters. The molecular formula is C21H18FN5O2S2. The van der Waals surface area contributed by atoms with E-state index in [2.05, 4.69) is 20.7 Å². The summed E-state index contributed by atoms with van der Waals surface area (Å²) >= 11 is 3.14. The number of rotatable bonds is 6. The summed E-state index contributed by atoms with van der Waals surface area (Å²) in [5.41, 5.74) is 1.29. The number of carbonyl (C=O) groups excluding carboxylic acids is 1. The van der Waals surface area contributed by atoms with Gasteiger partial charge in [-0.15, -0.1) is 22.7 Å². The molecule has 0 saturated carbocycles. The van der Waals surface area contributed by atoms with Crippen LogP contribution in [0.5, 0.6) is 0 Å². The maximum Gasteiger partial charge on any atom is 0.319 e. The van der Waals surface area contributed by atoms with Crippen molar-refractivity contribution < 1.29 is 9.18 Å². The number of carbonyl (C=O) groups is 1. The van der Waals surface area contributed by atoms with Gasteiger partial charge in [0.1, 0.15) is 16.5 Å². The fraction of sp³-hybridized carbons (Fsp3) is 0.143. The largest absolute Gasteiger partial charge is 0.336 e. The second-order valence-electron chi connectivity index (χ2n) is 6.55. The van der Waals surface area contributed by atoms with E-state index < -0.39 is 11.8 Å². The summed E-state index contributed by atoms with van der Waals surface area (Å²) in [6, 6.07) is 12.4. The smallest absolute Gasteiger partial charge is 0.319 e. The van der Waals surface area contributed by atoms with E-state index in [0.717, 1.165) is 20.5 Å². The van der Waals surface area contributed by atoms with Gasteiger partial charge in [-0.3, -0.25) is 4.79 Å². The van der Waals surface area contributed by atoms with Crippen LogP contribution < -0.4 is 16.2 Å². The lowest BCUT2D eigenvalue weighted by molar-refractivity contribution is 0.251. The SMILES string of the molecule is Cc1nc(-c2cccs2)sc1-c1ccc(=O)n(CCNC(=O)Nc2ccccc2F)n1. The zero-order chi connectivity index (χ0) is 21.8. The molecule has 3 heterocycles. The van der Waals surface area contributed by atoms with Crippen molar-refractivity contribution in [3.8, 4) is 20.5 Å². The first-order valence-electron chi connectivity index (χ1n) is 9.40. The van der Waals surface area contributed by atoms with Crippen LogP contribution in [-0.2, 0) is 6.54 Å². The normalized spacial score (nSPS) is 10.8. The van der Waals surface area contributed by atoms with Crippen LogP contribution in [0.1, 0.15) is 5.69 Å². The van der Waals surface area contributed by atoms with Gasteiger partial charge in [0.2, 0.25) is 0 Å². The molecule has 0 saturated heterocycles. The lowest BCUT2D eigenvalue weighted by Gasteiger charge is -2.09. The van der Waals surface area contributed by atoms with Crippen molar-refractivity contribution in [2.45, 2.75) is 13.5 Å². The Kier molecular flexibility index (Phi) is 6.19. The molecule has 2 amide bonds. The van der Waals surface area contributed by atoms with Crippen molar-refractivity contribution in [1.29, 1.82) is 0 Å². The second-order valence-corrected chi connectivity index (χ2v) is 8.50. The highest BCUT2D eigenvalue weighted by atomic mass is 32.1. The van der Waals surface area contributed by atoms with Crippen molar-refractivity contribution >= 4 is 34.4 Å². The zero-order valence-corrected chi connectivity index (χ0v) is 18.1. The van der Waals surface area contributed by atoms with Crippen LogP contribution in [0.15, 0.2) is 58.7 Å². The molecule has 1 aromatic carbocycles. The van der Waals surface area contributed by atoms with E-state index in [9.17, 15) is 14.0 Å². The zero-order valence-electron chi connectivity index (χ0n) is 16.5. The quantitative estimate of drug-likeness (QED) is 0.452. The molecule has 0 spiro atoms. The number of hydrogen-bond donors (Lipinski definition) is 2. The summed E-state index contributed by atoms with van der Waals surface area (Å²) in [6.45, 7) is 2.24. The lowest BCUT2D eigenvalue weighted by Crippen LogP contribution is -2.34. The highest BCUT2D eigenvalue weighted by Gasteiger charge is 2.14. The maximum absolute atomic E-state index is 13.6. The summed E-state index contributed by atoms with van der Waals surface area (Å²) in [5, 5.41) is 12.4. The Labute approximate surface area is 185 Å².